The number of nitrogens with zero attached hydrogens (tertiary/aromatic N) is 5. The molecule has 0 spiro atoms. The molecule has 166 valence electrons. The molecule has 0 bridgehead atoms. The number of imidazole rings is 1. The summed E-state index contributed by atoms with van der Waals surface area (Å²) in [5.41, 5.74) is 1.97. The highest BCUT2D eigenvalue weighted by Crippen LogP contribution is 2.38. The molecular weight excluding hydrogens is 428 g/mol. The van der Waals surface area contributed by atoms with Gasteiger partial charge in [0, 0.05) is 23.2 Å². The fourth-order valence-electron chi connectivity index (χ4n) is 4.00. The van der Waals surface area contributed by atoms with Crippen LogP contribution in [-0.4, -0.2) is 38.7 Å². The van der Waals surface area contributed by atoms with Crippen LogP contribution in [0.4, 0.5) is 8.78 Å². The maximum atomic E-state index is 15.3. The summed E-state index contributed by atoms with van der Waals surface area (Å²) < 4.78 is 42.9. The Morgan fingerprint density at radius 2 is 1.73 bits per heavy atom. The van der Waals surface area contributed by atoms with Crippen molar-refractivity contribution in [2.75, 3.05) is 14.2 Å². The molecule has 0 saturated carbocycles. The first kappa shape index (κ1) is 20.7. The second kappa shape index (κ2) is 8.09. The van der Waals surface area contributed by atoms with E-state index in [4.69, 9.17) is 14.5 Å². The first-order valence-electron chi connectivity index (χ1n) is 10.2. The second-order valence-corrected chi connectivity index (χ2v) is 7.42. The van der Waals surface area contributed by atoms with Crippen molar-refractivity contribution < 1.29 is 18.3 Å². The van der Waals surface area contributed by atoms with Gasteiger partial charge in [0.15, 0.2) is 11.3 Å². The highest BCUT2D eigenvalue weighted by molar-refractivity contribution is 5.81. The molecule has 1 atom stereocenters. The van der Waals surface area contributed by atoms with E-state index in [0.717, 1.165) is 0 Å². The SMILES string of the molecule is COc1cccc(OC)c1-c1cnc2ncn(C(C)c3c(F)cc4ncccc4c3F)c2n1. The normalized spacial score (nSPS) is 12.3. The maximum Gasteiger partial charge on any atom is 0.197 e. The molecule has 0 aliphatic carbocycles. The van der Waals surface area contributed by atoms with Crippen molar-refractivity contribution in [3.05, 3.63) is 72.3 Å². The number of ether oxygens (including phenoxy) is 2. The molecule has 1 unspecified atom stereocenters. The van der Waals surface area contributed by atoms with Gasteiger partial charge in [0.25, 0.3) is 0 Å². The zero-order valence-electron chi connectivity index (χ0n) is 18.1. The van der Waals surface area contributed by atoms with Crippen LogP contribution in [0.1, 0.15) is 18.5 Å². The average molecular weight is 447 g/mol. The number of hydrogen-bond acceptors (Lipinski definition) is 6. The summed E-state index contributed by atoms with van der Waals surface area (Å²) in [5, 5.41) is 0.246. The molecule has 0 saturated heterocycles. The number of methoxy groups -OCH3 is 2. The Bertz CT molecular complexity index is 1480. The minimum atomic E-state index is -0.747. The molecule has 33 heavy (non-hydrogen) atoms. The minimum Gasteiger partial charge on any atom is -0.496 e. The molecule has 5 rings (SSSR count). The van der Waals surface area contributed by atoms with Gasteiger partial charge in [0.1, 0.15) is 23.1 Å². The van der Waals surface area contributed by atoms with E-state index in [1.807, 2.05) is 0 Å². The van der Waals surface area contributed by atoms with Crippen LogP contribution in [0.3, 0.4) is 0 Å². The van der Waals surface area contributed by atoms with E-state index in [-0.39, 0.29) is 16.5 Å². The van der Waals surface area contributed by atoms with E-state index in [9.17, 15) is 4.39 Å². The Morgan fingerprint density at radius 1 is 0.970 bits per heavy atom. The third-order valence-corrected chi connectivity index (χ3v) is 5.64. The van der Waals surface area contributed by atoms with Gasteiger partial charge < -0.3 is 14.0 Å². The van der Waals surface area contributed by atoms with Gasteiger partial charge in [-0.15, -0.1) is 0 Å². The molecule has 3 aromatic heterocycles. The van der Waals surface area contributed by atoms with Crippen LogP contribution >= 0.6 is 0 Å². The van der Waals surface area contributed by atoms with E-state index < -0.39 is 17.7 Å². The quantitative estimate of drug-likeness (QED) is 0.380. The lowest BCUT2D eigenvalue weighted by atomic mass is 10.0. The Balaban J connectivity index is 1.68. The van der Waals surface area contributed by atoms with Gasteiger partial charge in [-0.2, -0.15) is 0 Å². The van der Waals surface area contributed by atoms with Gasteiger partial charge in [0.2, 0.25) is 0 Å². The fraction of sp³-hybridized carbons (Fsp3) is 0.167. The number of pyridine rings is 1. The van der Waals surface area contributed by atoms with E-state index in [1.165, 1.54) is 18.6 Å². The molecule has 5 aromatic rings. The predicted molar refractivity (Wildman–Crippen MR) is 119 cm³/mol. The van der Waals surface area contributed by atoms with Crippen molar-refractivity contribution >= 4 is 22.2 Å². The van der Waals surface area contributed by atoms with Crippen LogP contribution in [0.15, 0.2) is 55.1 Å². The fourth-order valence-corrected chi connectivity index (χ4v) is 4.00. The van der Waals surface area contributed by atoms with Crippen LogP contribution in [0.5, 0.6) is 11.5 Å². The molecule has 0 N–H and O–H groups in total. The van der Waals surface area contributed by atoms with E-state index in [0.29, 0.717) is 34.1 Å². The number of aromatic nitrogens is 5. The Morgan fingerprint density at radius 3 is 2.45 bits per heavy atom. The molecule has 0 fully saturated rings. The summed E-state index contributed by atoms with van der Waals surface area (Å²) in [5.74, 6) is -0.242. The summed E-state index contributed by atoms with van der Waals surface area (Å²) in [6, 6.07) is 9.06. The molecule has 0 amide bonds. The number of benzene rings is 2. The van der Waals surface area contributed by atoms with Crippen LogP contribution in [0, 0.1) is 11.6 Å². The third kappa shape index (κ3) is 3.32. The van der Waals surface area contributed by atoms with Gasteiger partial charge in [-0.05, 0) is 31.2 Å². The van der Waals surface area contributed by atoms with E-state index in [1.54, 1.807) is 62.2 Å². The summed E-state index contributed by atoms with van der Waals surface area (Å²) in [4.78, 5) is 17.4. The molecular formula is C24H19F2N5O2. The number of rotatable bonds is 5. The topological polar surface area (TPSA) is 75.0 Å². The molecule has 7 nitrogen and oxygen atoms in total. The van der Waals surface area contributed by atoms with E-state index in [2.05, 4.69) is 15.0 Å². The first-order valence-corrected chi connectivity index (χ1v) is 10.2. The second-order valence-electron chi connectivity index (χ2n) is 7.42. The van der Waals surface area contributed by atoms with Crippen LogP contribution < -0.4 is 9.47 Å². The average Bonchev–Trinajstić information content (AvgIpc) is 3.26. The van der Waals surface area contributed by atoms with Crippen molar-refractivity contribution in [2.45, 2.75) is 13.0 Å². The summed E-state index contributed by atoms with van der Waals surface area (Å²) in [7, 11) is 3.10. The number of halogens is 2. The van der Waals surface area contributed by atoms with Gasteiger partial charge in [-0.1, -0.05) is 6.07 Å². The Hall–Kier alpha value is -4.14. The van der Waals surface area contributed by atoms with Crippen LogP contribution in [0.2, 0.25) is 0 Å². The van der Waals surface area contributed by atoms with Crippen molar-refractivity contribution in [2.24, 2.45) is 0 Å². The highest BCUT2D eigenvalue weighted by atomic mass is 19.1. The smallest absolute Gasteiger partial charge is 0.197 e. The molecule has 3 heterocycles. The summed E-state index contributed by atoms with van der Waals surface area (Å²) >= 11 is 0. The van der Waals surface area contributed by atoms with Crippen LogP contribution in [0.25, 0.3) is 33.5 Å². The zero-order chi connectivity index (χ0) is 23.1. The Kier molecular flexibility index (Phi) is 5.08. The lowest BCUT2D eigenvalue weighted by Gasteiger charge is -2.17. The van der Waals surface area contributed by atoms with Crippen LogP contribution in [-0.2, 0) is 0 Å². The first-order chi connectivity index (χ1) is 16.0. The summed E-state index contributed by atoms with van der Waals surface area (Å²) in [6.07, 6.45) is 4.54. The highest BCUT2D eigenvalue weighted by Gasteiger charge is 2.24. The van der Waals surface area contributed by atoms with Crippen molar-refractivity contribution in [1.82, 2.24) is 24.5 Å². The van der Waals surface area contributed by atoms with Gasteiger partial charge in [-0.3, -0.25) is 4.98 Å². The van der Waals surface area contributed by atoms with Crippen molar-refractivity contribution in [3.63, 3.8) is 0 Å². The predicted octanol–water partition coefficient (Wildman–Crippen LogP) is 4.95. The number of hydrogen-bond donors (Lipinski definition) is 0. The molecule has 0 aliphatic rings. The molecule has 0 aliphatic heterocycles. The molecule has 9 heteroatoms. The third-order valence-electron chi connectivity index (χ3n) is 5.64. The van der Waals surface area contributed by atoms with Crippen molar-refractivity contribution in [3.8, 4) is 22.8 Å². The van der Waals surface area contributed by atoms with E-state index >= 15 is 4.39 Å². The minimum absolute atomic E-state index is 0.100. The largest absolute Gasteiger partial charge is 0.496 e. The molecule has 2 aromatic carbocycles. The number of fused-ring (bicyclic) bond motifs is 2. The lowest BCUT2D eigenvalue weighted by Crippen LogP contribution is -2.11. The van der Waals surface area contributed by atoms with Crippen molar-refractivity contribution in [1.29, 1.82) is 0 Å². The van der Waals surface area contributed by atoms with Gasteiger partial charge in [-0.25, -0.2) is 23.7 Å². The monoisotopic (exact) mass is 447 g/mol. The van der Waals surface area contributed by atoms with Gasteiger partial charge in [0.05, 0.1) is 49.6 Å². The summed E-state index contributed by atoms with van der Waals surface area (Å²) in [6.45, 7) is 1.68. The standard InChI is InChI=1S/C24H19F2N5O2/c1-13(20-15(25)10-16-14(22(20)26)6-5-9-27-16)31-12-29-23-24(31)30-17(11-28-23)21-18(32-2)7-4-8-19(21)33-3/h4-13H,1-3H3. The maximum absolute atomic E-state index is 15.3. The van der Waals surface area contributed by atoms with Gasteiger partial charge >= 0.3 is 0 Å². The lowest BCUT2D eigenvalue weighted by molar-refractivity contribution is 0.397. The zero-order valence-corrected chi connectivity index (χ0v) is 18.1. The molecule has 0 radical (unpaired) electrons. The Labute approximate surface area is 187 Å².